The molecule has 1 amide bonds. The molecule has 0 spiro atoms. The van der Waals surface area contributed by atoms with Gasteiger partial charge < -0.3 is 5.32 Å². The van der Waals surface area contributed by atoms with E-state index in [0.29, 0.717) is 12.2 Å². The van der Waals surface area contributed by atoms with E-state index in [-0.39, 0.29) is 16.9 Å². The summed E-state index contributed by atoms with van der Waals surface area (Å²) in [6.07, 6.45) is 3.04. The molecule has 92 valence electrons. The van der Waals surface area contributed by atoms with Crippen LogP contribution in [0.25, 0.3) is 0 Å². The minimum absolute atomic E-state index is 0.0576. The summed E-state index contributed by atoms with van der Waals surface area (Å²) in [6.45, 7) is 2.05. The Bertz CT molecular complexity index is 540. The highest BCUT2D eigenvalue weighted by atomic mass is 35.5. The van der Waals surface area contributed by atoms with Crippen LogP contribution in [-0.4, -0.2) is 25.8 Å². The smallest absolute Gasteiger partial charge is 0.270 e. The van der Waals surface area contributed by atoms with Crippen molar-refractivity contribution < 1.29 is 4.79 Å². The highest BCUT2D eigenvalue weighted by molar-refractivity contribution is 6.28. The van der Waals surface area contributed by atoms with Gasteiger partial charge in [-0.2, -0.15) is 0 Å². The zero-order valence-corrected chi connectivity index (χ0v) is 10.3. The van der Waals surface area contributed by atoms with Crippen LogP contribution in [0.5, 0.6) is 0 Å². The van der Waals surface area contributed by atoms with Crippen LogP contribution < -0.4 is 5.32 Å². The zero-order valence-electron chi connectivity index (χ0n) is 9.59. The minimum Gasteiger partial charge on any atom is -0.345 e. The molecule has 0 aliphatic carbocycles. The number of aryl methyl sites for hydroxylation is 1. The van der Waals surface area contributed by atoms with Crippen molar-refractivity contribution in [1.82, 2.24) is 25.3 Å². The number of halogens is 1. The molecular weight excluding hydrogens is 254 g/mol. The van der Waals surface area contributed by atoms with E-state index in [1.54, 1.807) is 25.3 Å². The predicted octanol–water partition coefficient (Wildman–Crippen LogP) is 1.16. The van der Waals surface area contributed by atoms with Gasteiger partial charge in [-0.3, -0.25) is 4.79 Å². The fourth-order valence-corrected chi connectivity index (χ4v) is 1.56. The molecule has 0 atom stereocenters. The van der Waals surface area contributed by atoms with Crippen LogP contribution in [0.15, 0.2) is 24.7 Å². The monoisotopic (exact) mass is 263 g/mol. The average Bonchev–Trinajstić information content (AvgIpc) is 2.36. The second kappa shape index (κ2) is 5.50. The summed E-state index contributed by atoms with van der Waals surface area (Å²) in [6, 6.07) is 3.29. The van der Waals surface area contributed by atoms with Crippen LogP contribution in [0.1, 0.15) is 21.9 Å². The molecule has 2 aromatic heterocycles. The van der Waals surface area contributed by atoms with Gasteiger partial charge in [0.15, 0.2) is 0 Å². The van der Waals surface area contributed by atoms with Crippen molar-refractivity contribution in [3.05, 3.63) is 47.0 Å². The summed E-state index contributed by atoms with van der Waals surface area (Å²) in [5, 5.41) is 2.75. The molecule has 0 bridgehead atoms. The Morgan fingerprint density at radius 2 is 2.28 bits per heavy atom. The van der Waals surface area contributed by atoms with Crippen LogP contribution in [0, 0.1) is 6.92 Å². The lowest BCUT2D eigenvalue weighted by molar-refractivity contribution is 0.0945. The van der Waals surface area contributed by atoms with E-state index >= 15 is 0 Å². The number of nitrogens with one attached hydrogen (secondary N) is 1. The van der Waals surface area contributed by atoms with Gasteiger partial charge in [-0.25, -0.2) is 19.9 Å². The largest absolute Gasteiger partial charge is 0.345 e. The number of amides is 1. The molecule has 2 aromatic rings. The maximum atomic E-state index is 11.8. The maximum Gasteiger partial charge on any atom is 0.270 e. The highest BCUT2D eigenvalue weighted by Gasteiger charge is 2.09. The average molecular weight is 264 g/mol. The van der Waals surface area contributed by atoms with E-state index in [4.69, 9.17) is 11.6 Å². The molecule has 0 unspecified atom stereocenters. The molecule has 0 saturated heterocycles. The third-order valence-electron chi connectivity index (χ3n) is 2.13. The van der Waals surface area contributed by atoms with Gasteiger partial charge in [-0.1, -0.05) is 0 Å². The summed E-state index contributed by atoms with van der Waals surface area (Å²) in [7, 11) is 0. The number of nitrogens with zero attached hydrogens (tertiary/aromatic N) is 4. The van der Waals surface area contributed by atoms with Crippen LogP contribution in [-0.2, 0) is 6.54 Å². The van der Waals surface area contributed by atoms with Crippen molar-refractivity contribution >= 4 is 17.5 Å². The summed E-state index contributed by atoms with van der Waals surface area (Å²) in [5.41, 5.74) is 1.60. The molecule has 0 aromatic carbocycles. The lowest BCUT2D eigenvalue weighted by Crippen LogP contribution is -2.24. The van der Waals surface area contributed by atoms with E-state index in [1.165, 1.54) is 6.33 Å². The van der Waals surface area contributed by atoms with Gasteiger partial charge in [0.25, 0.3) is 5.91 Å². The van der Waals surface area contributed by atoms with E-state index in [0.717, 1.165) is 5.69 Å². The number of aromatic nitrogens is 4. The first kappa shape index (κ1) is 12.4. The zero-order chi connectivity index (χ0) is 13.0. The lowest BCUT2D eigenvalue weighted by Gasteiger charge is -2.04. The molecular formula is C11H10ClN5O. The molecule has 0 aliphatic heterocycles. The third-order valence-corrected chi connectivity index (χ3v) is 2.30. The topological polar surface area (TPSA) is 80.7 Å². The summed E-state index contributed by atoms with van der Waals surface area (Å²) in [5.74, 6) is -0.319. The normalized spacial score (nSPS) is 10.1. The van der Waals surface area contributed by atoms with Gasteiger partial charge >= 0.3 is 0 Å². The van der Waals surface area contributed by atoms with Gasteiger partial charge in [0, 0.05) is 11.9 Å². The van der Waals surface area contributed by atoms with Crippen LogP contribution in [0.4, 0.5) is 0 Å². The van der Waals surface area contributed by atoms with Gasteiger partial charge in [0.2, 0.25) is 5.28 Å². The Morgan fingerprint density at radius 3 is 2.94 bits per heavy atom. The van der Waals surface area contributed by atoms with E-state index in [9.17, 15) is 4.79 Å². The van der Waals surface area contributed by atoms with Gasteiger partial charge in [-0.05, 0) is 30.7 Å². The van der Waals surface area contributed by atoms with Gasteiger partial charge in [0.1, 0.15) is 12.0 Å². The summed E-state index contributed by atoms with van der Waals surface area (Å²) < 4.78 is 0. The standard InChI is InChI=1S/C11H10ClN5O/c1-7-4-9(17-11(12)16-7)10(18)14-5-8-2-3-13-6-15-8/h2-4,6H,5H2,1H3,(H,14,18). The second-order valence-electron chi connectivity index (χ2n) is 3.55. The molecule has 18 heavy (non-hydrogen) atoms. The number of rotatable bonds is 3. The highest BCUT2D eigenvalue weighted by Crippen LogP contribution is 2.05. The molecule has 0 aliphatic rings. The lowest BCUT2D eigenvalue weighted by atomic mass is 10.3. The van der Waals surface area contributed by atoms with Gasteiger partial charge in [0.05, 0.1) is 12.2 Å². The van der Waals surface area contributed by atoms with Crippen molar-refractivity contribution in [2.24, 2.45) is 0 Å². The van der Waals surface area contributed by atoms with Crippen LogP contribution >= 0.6 is 11.6 Å². The quantitative estimate of drug-likeness (QED) is 0.841. The maximum absolute atomic E-state index is 11.8. The Morgan fingerprint density at radius 1 is 1.44 bits per heavy atom. The molecule has 1 N–H and O–H groups in total. The fraction of sp³-hybridized carbons (Fsp3) is 0.182. The SMILES string of the molecule is Cc1cc(C(=O)NCc2ccncn2)nc(Cl)n1. The molecule has 7 heteroatoms. The van der Waals surface area contributed by atoms with Crippen molar-refractivity contribution in [3.63, 3.8) is 0 Å². The number of carbonyl (C=O) groups is 1. The Hall–Kier alpha value is -2.08. The van der Waals surface area contributed by atoms with Crippen LogP contribution in [0.2, 0.25) is 5.28 Å². The molecule has 0 radical (unpaired) electrons. The number of carbonyl (C=O) groups excluding carboxylic acids is 1. The minimum atomic E-state index is -0.319. The molecule has 2 heterocycles. The predicted molar refractivity (Wildman–Crippen MR) is 65.0 cm³/mol. The van der Waals surface area contributed by atoms with E-state index in [1.807, 2.05) is 0 Å². The first-order valence-electron chi connectivity index (χ1n) is 5.19. The first-order valence-corrected chi connectivity index (χ1v) is 5.57. The van der Waals surface area contributed by atoms with Crippen LogP contribution in [0.3, 0.4) is 0 Å². The first-order chi connectivity index (χ1) is 8.65. The van der Waals surface area contributed by atoms with Crippen molar-refractivity contribution in [2.75, 3.05) is 0 Å². The van der Waals surface area contributed by atoms with Crippen molar-refractivity contribution in [1.29, 1.82) is 0 Å². The summed E-state index contributed by atoms with van der Waals surface area (Å²) in [4.78, 5) is 27.4. The van der Waals surface area contributed by atoms with E-state index in [2.05, 4.69) is 25.3 Å². The summed E-state index contributed by atoms with van der Waals surface area (Å²) >= 11 is 5.69. The Balaban J connectivity index is 2.04. The molecule has 6 nitrogen and oxygen atoms in total. The number of hydrogen-bond acceptors (Lipinski definition) is 5. The fourth-order valence-electron chi connectivity index (χ4n) is 1.33. The van der Waals surface area contributed by atoms with Crippen molar-refractivity contribution in [2.45, 2.75) is 13.5 Å². The Kier molecular flexibility index (Phi) is 3.78. The Labute approximate surface area is 108 Å². The van der Waals surface area contributed by atoms with Gasteiger partial charge in [-0.15, -0.1) is 0 Å². The van der Waals surface area contributed by atoms with Crippen molar-refractivity contribution in [3.8, 4) is 0 Å². The molecule has 0 saturated carbocycles. The molecule has 2 rings (SSSR count). The second-order valence-corrected chi connectivity index (χ2v) is 3.89. The number of hydrogen-bond donors (Lipinski definition) is 1. The molecule has 0 fully saturated rings. The van der Waals surface area contributed by atoms with E-state index < -0.39 is 0 Å². The third kappa shape index (κ3) is 3.21.